The minimum Gasteiger partial charge on any atom is -0.474 e. The molecule has 2 unspecified atom stereocenters. The van der Waals surface area contributed by atoms with Gasteiger partial charge in [0, 0.05) is 31.9 Å². The molecule has 1 aliphatic carbocycles. The predicted molar refractivity (Wildman–Crippen MR) is 107 cm³/mol. The molecule has 3 fully saturated rings. The van der Waals surface area contributed by atoms with Gasteiger partial charge >= 0.3 is 0 Å². The standard InChI is InChI=1S/C21H28N4O3/c26-20-13-27-12-19(20)25-9-7-24(8-10-25)15-5-6-18-17(11-15)21(23-14-22-18)28-16-3-1-2-4-16/h5-6,11,14,16,19-20,26H,1-4,7-10,12-13H2. The first-order chi connectivity index (χ1) is 13.8. The fourth-order valence-corrected chi connectivity index (χ4v) is 4.67. The molecule has 3 aliphatic rings. The molecule has 150 valence electrons. The molecule has 0 radical (unpaired) electrons. The van der Waals surface area contributed by atoms with E-state index in [1.807, 2.05) is 0 Å². The maximum Gasteiger partial charge on any atom is 0.224 e. The van der Waals surface area contributed by atoms with E-state index in [9.17, 15) is 5.11 Å². The smallest absolute Gasteiger partial charge is 0.224 e. The van der Waals surface area contributed by atoms with Crippen molar-refractivity contribution in [2.75, 3.05) is 44.3 Å². The van der Waals surface area contributed by atoms with Gasteiger partial charge < -0.3 is 19.5 Å². The van der Waals surface area contributed by atoms with E-state index >= 15 is 0 Å². The summed E-state index contributed by atoms with van der Waals surface area (Å²) in [5, 5.41) is 11.1. The summed E-state index contributed by atoms with van der Waals surface area (Å²) in [5.41, 5.74) is 2.11. The van der Waals surface area contributed by atoms with E-state index in [4.69, 9.17) is 9.47 Å². The van der Waals surface area contributed by atoms with Crippen molar-refractivity contribution in [1.82, 2.24) is 14.9 Å². The molecule has 0 amide bonds. The summed E-state index contributed by atoms with van der Waals surface area (Å²) in [6, 6.07) is 6.51. The molecule has 2 atom stereocenters. The Hall–Kier alpha value is -1.96. The van der Waals surface area contributed by atoms with Gasteiger partial charge in [-0.2, -0.15) is 0 Å². The number of nitrogens with zero attached hydrogens (tertiary/aromatic N) is 4. The van der Waals surface area contributed by atoms with Crippen molar-refractivity contribution >= 4 is 16.6 Å². The minimum absolute atomic E-state index is 0.138. The van der Waals surface area contributed by atoms with Crippen LogP contribution in [0.1, 0.15) is 25.7 Å². The van der Waals surface area contributed by atoms with Crippen molar-refractivity contribution in [1.29, 1.82) is 0 Å². The highest BCUT2D eigenvalue weighted by molar-refractivity contribution is 5.86. The molecule has 0 spiro atoms. The van der Waals surface area contributed by atoms with Gasteiger partial charge in [0.1, 0.15) is 12.4 Å². The van der Waals surface area contributed by atoms with E-state index in [0.29, 0.717) is 19.1 Å². The molecule has 5 rings (SSSR count). The van der Waals surface area contributed by atoms with E-state index in [0.717, 1.165) is 49.9 Å². The number of hydrogen-bond acceptors (Lipinski definition) is 7. The summed E-state index contributed by atoms with van der Waals surface area (Å²) in [6.45, 7) is 4.82. The van der Waals surface area contributed by atoms with Crippen LogP contribution in [0.15, 0.2) is 24.5 Å². The first-order valence-corrected chi connectivity index (χ1v) is 10.4. The van der Waals surface area contributed by atoms with Crippen LogP contribution < -0.4 is 9.64 Å². The van der Waals surface area contributed by atoms with Gasteiger partial charge in [-0.1, -0.05) is 0 Å². The lowest BCUT2D eigenvalue weighted by Crippen LogP contribution is -2.53. The van der Waals surface area contributed by atoms with Crippen LogP contribution in [-0.4, -0.2) is 77.6 Å². The van der Waals surface area contributed by atoms with E-state index in [-0.39, 0.29) is 18.2 Å². The third-order valence-corrected chi connectivity index (χ3v) is 6.33. The fourth-order valence-electron chi connectivity index (χ4n) is 4.67. The maximum atomic E-state index is 10.1. The van der Waals surface area contributed by atoms with Crippen molar-refractivity contribution in [3.63, 3.8) is 0 Å². The predicted octanol–water partition coefficient (Wildman–Crippen LogP) is 1.83. The van der Waals surface area contributed by atoms with Crippen LogP contribution in [0, 0.1) is 0 Å². The van der Waals surface area contributed by atoms with Gasteiger partial charge in [-0.05, 0) is 43.9 Å². The molecular weight excluding hydrogens is 356 g/mol. The van der Waals surface area contributed by atoms with Gasteiger partial charge in [-0.3, -0.25) is 4.90 Å². The fraction of sp³-hybridized carbons (Fsp3) is 0.619. The Kier molecular flexibility index (Phi) is 5.05. The monoisotopic (exact) mass is 384 g/mol. The molecule has 1 N–H and O–H groups in total. The molecule has 1 saturated carbocycles. The van der Waals surface area contributed by atoms with Crippen molar-refractivity contribution in [2.24, 2.45) is 0 Å². The zero-order chi connectivity index (χ0) is 18.9. The zero-order valence-corrected chi connectivity index (χ0v) is 16.2. The molecule has 2 saturated heterocycles. The summed E-state index contributed by atoms with van der Waals surface area (Å²) in [4.78, 5) is 13.6. The van der Waals surface area contributed by atoms with Crippen LogP contribution >= 0.6 is 0 Å². The van der Waals surface area contributed by atoms with E-state index in [1.165, 1.54) is 18.5 Å². The van der Waals surface area contributed by atoms with Gasteiger partial charge in [0.25, 0.3) is 0 Å². The molecule has 7 nitrogen and oxygen atoms in total. The quantitative estimate of drug-likeness (QED) is 0.862. The lowest BCUT2D eigenvalue weighted by molar-refractivity contribution is 0.0785. The van der Waals surface area contributed by atoms with Gasteiger partial charge in [-0.15, -0.1) is 0 Å². The Morgan fingerprint density at radius 2 is 1.86 bits per heavy atom. The number of benzene rings is 1. The number of aromatic nitrogens is 2. The van der Waals surface area contributed by atoms with Gasteiger partial charge in [-0.25, -0.2) is 9.97 Å². The average molecular weight is 384 g/mol. The summed E-state index contributed by atoms with van der Waals surface area (Å²) in [7, 11) is 0. The Bertz CT molecular complexity index is 818. The first kappa shape index (κ1) is 18.1. The van der Waals surface area contributed by atoms with Crippen molar-refractivity contribution < 1.29 is 14.6 Å². The molecule has 1 aromatic carbocycles. The second-order valence-electron chi connectivity index (χ2n) is 8.10. The summed E-state index contributed by atoms with van der Waals surface area (Å²) in [6.07, 6.45) is 6.23. The average Bonchev–Trinajstić information content (AvgIpc) is 3.40. The molecule has 2 aromatic rings. The van der Waals surface area contributed by atoms with Gasteiger partial charge in [0.05, 0.1) is 36.3 Å². The second kappa shape index (κ2) is 7.81. The van der Waals surface area contributed by atoms with Crippen molar-refractivity contribution in [3.8, 4) is 5.88 Å². The number of aliphatic hydroxyl groups excluding tert-OH is 1. The number of piperazine rings is 1. The van der Waals surface area contributed by atoms with Crippen LogP contribution in [0.4, 0.5) is 5.69 Å². The third-order valence-electron chi connectivity index (χ3n) is 6.33. The number of rotatable bonds is 4. The number of aliphatic hydroxyl groups is 1. The lowest BCUT2D eigenvalue weighted by atomic mass is 10.1. The van der Waals surface area contributed by atoms with Crippen LogP contribution in [0.25, 0.3) is 10.9 Å². The molecule has 1 aromatic heterocycles. The van der Waals surface area contributed by atoms with Gasteiger partial charge in [0.2, 0.25) is 5.88 Å². The van der Waals surface area contributed by atoms with Crippen LogP contribution in [0.2, 0.25) is 0 Å². The van der Waals surface area contributed by atoms with E-state index < -0.39 is 0 Å². The maximum absolute atomic E-state index is 10.1. The highest BCUT2D eigenvalue weighted by Crippen LogP contribution is 2.30. The van der Waals surface area contributed by atoms with Crippen LogP contribution in [0.5, 0.6) is 5.88 Å². The third kappa shape index (κ3) is 3.54. The van der Waals surface area contributed by atoms with Crippen molar-refractivity contribution in [2.45, 2.75) is 43.9 Å². The molecular formula is C21H28N4O3. The number of ether oxygens (including phenoxy) is 2. The Balaban J connectivity index is 1.32. The van der Waals surface area contributed by atoms with E-state index in [2.05, 4.69) is 38.0 Å². The SMILES string of the molecule is OC1COCC1N1CCN(c2ccc3ncnc(OC4CCCC4)c3c2)CC1. The highest BCUT2D eigenvalue weighted by Gasteiger charge is 2.33. The molecule has 3 heterocycles. The van der Waals surface area contributed by atoms with Gasteiger partial charge in [0.15, 0.2) is 0 Å². The number of hydrogen-bond donors (Lipinski definition) is 1. The minimum atomic E-state index is -0.361. The van der Waals surface area contributed by atoms with Crippen LogP contribution in [0.3, 0.4) is 0 Å². The topological polar surface area (TPSA) is 71.0 Å². The Morgan fingerprint density at radius 3 is 2.61 bits per heavy atom. The Labute approximate surface area is 165 Å². The summed E-state index contributed by atoms with van der Waals surface area (Å²) in [5.74, 6) is 0.712. The molecule has 28 heavy (non-hydrogen) atoms. The number of anilines is 1. The number of fused-ring (bicyclic) bond motifs is 1. The first-order valence-electron chi connectivity index (χ1n) is 10.4. The second-order valence-corrected chi connectivity index (χ2v) is 8.10. The lowest BCUT2D eigenvalue weighted by Gasteiger charge is -2.39. The Morgan fingerprint density at radius 1 is 1.04 bits per heavy atom. The zero-order valence-electron chi connectivity index (χ0n) is 16.2. The normalized spacial score (nSPS) is 27.0. The molecule has 0 bridgehead atoms. The van der Waals surface area contributed by atoms with E-state index in [1.54, 1.807) is 6.33 Å². The van der Waals surface area contributed by atoms with Crippen molar-refractivity contribution in [3.05, 3.63) is 24.5 Å². The molecule has 7 heteroatoms. The van der Waals surface area contributed by atoms with Crippen LogP contribution in [-0.2, 0) is 4.74 Å². The largest absolute Gasteiger partial charge is 0.474 e. The highest BCUT2D eigenvalue weighted by atomic mass is 16.5. The molecule has 2 aliphatic heterocycles. The summed E-state index contributed by atoms with van der Waals surface area (Å²) < 4.78 is 11.6. The summed E-state index contributed by atoms with van der Waals surface area (Å²) >= 11 is 0.